The molecule has 186 valence electrons. The first-order valence-electron chi connectivity index (χ1n) is 12.8. The smallest absolute Gasteiger partial charge is 0.266 e. The van der Waals surface area contributed by atoms with Gasteiger partial charge in [-0.15, -0.1) is 0 Å². The molecule has 0 aliphatic carbocycles. The van der Waals surface area contributed by atoms with Crippen molar-refractivity contribution in [3.8, 4) is 5.69 Å². The van der Waals surface area contributed by atoms with Gasteiger partial charge in [-0.25, -0.2) is 4.98 Å². The third-order valence-corrected chi connectivity index (χ3v) is 6.86. The van der Waals surface area contributed by atoms with E-state index in [1.165, 1.54) is 0 Å². The van der Waals surface area contributed by atoms with Crippen LogP contribution in [0.5, 0.6) is 0 Å². The van der Waals surface area contributed by atoms with Gasteiger partial charge in [0.2, 0.25) is 0 Å². The van der Waals surface area contributed by atoms with Gasteiger partial charge in [0.1, 0.15) is 5.82 Å². The van der Waals surface area contributed by atoms with Gasteiger partial charge in [0, 0.05) is 12.1 Å². The minimum Gasteiger partial charge on any atom is -0.329 e. The lowest BCUT2D eigenvalue weighted by molar-refractivity contribution is 0.0671. The van der Waals surface area contributed by atoms with Crippen molar-refractivity contribution in [1.29, 1.82) is 0 Å². The van der Waals surface area contributed by atoms with E-state index in [1.807, 2.05) is 103 Å². The van der Waals surface area contributed by atoms with E-state index in [9.17, 15) is 9.59 Å². The highest BCUT2D eigenvalue weighted by Gasteiger charge is 2.28. The molecule has 0 radical (unpaired) electrons. The van der Waals surface area contributed by atoms with Crippen LogP contribution in [0, 0.1) is 5.92 Å². The minimum absolute atomic E-state index is 0.0686. The fraction of sp³-hybridized carbons (Fsp3) is 0.219. The summed E-state index contributed by atoms with van der Waals surface area (Å²) in [6, 6.07) is 30.3. The maximum atomic E-state index is 14.0. The molecule has 1 heterocycles. The second kappa shape index (κ2) is 10.4. The van der Waals surface area contributed by atoms with Crippen LogP contribution in [0.25, 0.3) is 27.4 Å². The summed E-state index contributed by atoms with van der Waals surface area (Å²) in [6.45, 7) is 6.83. The van der Waals surface area contributed by atoms with Crippen molar-refractivity contribution in [2.24, 2.45) is 5.92 Å². The van der Waals surface area contributed by atoms with Gasteiger partial charge in [-0.1, -0.05) is 74.5 Å². The van der Waals surface area contributed by atoms with Gasteiger partial charge in [-0.3, -0.25) is 14.2 Å². The predicted octanol–water partition coefficient (Wildman–Crippen LogP) is 6.79. The molecule has 5 nitrogen and oxygen atoms in total. The molecule has 0 fully saturated rings. The van der Waals surface area contributed by atoms with Gasteiger partial charge in [0.05, 0.1) is 22.6 Å². The lowest BCUT2D eigenvalue weighted by Crippen LogP contribution is -2.38. The standard InChI is InChI=1S/C32H31N3O2/c1-22(2)19-20-34(31(36)26-18-17-24-11-7-8-12-25(24)21-26)23(3)30-33-29-16-10-9-15-28(29)32(37)35(30)27-13-5-4-6-14-27/h4-18,21-23H,19-20H2,1-3H3. The van der Waals surface area contributed by atoms with E-state index in [-0.39, 0.29) is 11.5 Å². The average Bonchev–Trinajstić information content (AvgIpc) is 2.93. The monoisotopic (exact) mass is 489 g/mol. The Morgan fingerprint density at radius 1 is 0.838 bits per heavy atom. The number of benzene rings is 4. The Balaban J connectivity index is 1.65. The number of hydrogen-bond acceptors (Lipinski definition) is 3. The van der Waals surface area contributed by atoms with Gasteiger partial charge >= 0.3 is 0 Å². The summed E-state index contributed by atoms with van der Waals surface area (Å²) in [5, 5.41) is 2.67. The summed E-state index contributed by atoms with van der Waals surface area (Å²) in [5.41, 5.74) is 1.85. The fourth-order valence-electron chi connectivity index (χ4n) is 4.75. The van der Waals surface area contributed by atoms with E-state index >= 15 is 0 Å². The molecule has 5 rings (SSSR count). The number of aromatic nitrogens is 2. The largest absolute Gasteiger partial charge is 0.329 e. The Hall–Kier alpha value is -4.25. The summed E-state index contributed by atoms with van der Waals surface area (Å²) in [5.74, 6) is 0.897. The van der Waals surface area contributed by atoms with Crippen LogP contribution >= 0.6 is 0 Å². The summed E-state index contributed by atoms with van der Waals surface area (Å²) in [6.07, 6.45) is 0.840. The van der Waals surface area contributed by atoms with Crippen LogP contribution in [0.2, 0.25) is 0 Å². The van der Waals surface area contributed by atoms with Crippen LogP contribution in [0.4, 0.5) is 0 Å². The van der Waals surface area contributed by atoms with E-state index in [0.29, 0.717) is 34.8 Å². The Labute approximate surface area is 217 Å². The van der Waals surface area contributed by atoms with Crippen LogP contribution in [0.3, 0.4) is 0 Å². The lowest BCUT2D eigenvalue weighted by Gasteiger charge is -2.31. The normalized spacial score (nSPS) is 12.2. The molecule has 0 spiro atoms. The molecule has 1 amide bonds. The topological polar surface area (TPSA) is 55.2 Å². The second-order valence-corrected chi connectivity index (χ2v) is 9.88. The second-order valence-electron chi connectivity index (χ2n) is 9.88. The van der Waals surface area contributed by atoms with Gasteiger partial charge in [-0.05, 0) is 66.4 Å². The number of carbonyl (C=O) groups excluding carboxylic acids is 1. The molecule has 0 aliphatic rings. The zero-order valence-corrected chi connectivity index (χ0v) is 21.5. The number of carbonyl (C=O) groups is 1. The zero-order valence-electron chi connectivity index (χ0n) is 21.5. The summed E-state index contributed by atoms with van der Waals surface area (Å²) in [7, 11) is 0. The molecular formula is C32H31N3O2. The molecule has 0 N–H and O–H groups in total. The first-order valence-corrected chi connectivity index (χ1v) is 12.8. The van der Waals surface area contributed by atoms with Crippen LogP contribution in [-0.4, -0.2) is 26.9 Å². The van der Waals surface area contributed by atoms with E-state index in [0.717, 1.165) is 22.9 Å². The zero-order chi connectivity index (χ0) is 25.9. The van der Waals surface area contributed by atoms with Gasteiger partial charge in [0.15, 0.2) is 0 Å². The number of amides is 1. The van der Waals surface area contributed by atoms with Gasteiger partial charge < -0.3 is 4.90 Å². The highest BCUT2D eigenvalue weighted by Crippen LogP contribution is 2.26. The molecule has 37 heavy (non-hydrogen) atoms. The van der Waals surface area contributed by atoms with Gasteiger partial charge in [0.25, 0.3) is 11.5 Å². The number of nitrogens with zero attached hydrogens (tertiary/aromatic N) is 3. The SMILES string of the molecule is CC(C)CCN(C(=O)c1ccc2ccccc2c1)C(C)c1nc2ccccc2c(=O)n1-c1ccccc1. The minimum atomic E-state index is -0.435. The first kappa shape index (κ1) is 24.4. The molecule has 1 atom stereocenters. The van der Waals surface area contributed by atoms with Crippen molar-refractivity contribution in [3.05, 3.63) is 119 Å². The first-order chi connectivity index (χ1) is 17.9. The van der Waals surface area contributed by atoms with Crippen molar-refractivity contribution >= 4 is 27.6 Å². The fourth-order valence-corrected chi connectivity index (χ4v) is 4.75. The van der Waals surface area contributed by atoms with Crippen molar-refractivity contribution in [1.82, 2.24) is 14.5 Å². The number of para-hydroxylation sites is 2. The average molecular weight is 490 g/mol. The van der Waals surface area contributed by atoms with Crippen LogP contribution in [0.15, 0.2) is 102 Å². The molecule has 5 aromatic rings. The molecule has 0 saturated carbocycles. The highest BCUT2D eigenvalue weighted by atomic mass is 16.2. The predicted molar refractivity (Wildman–Crippen MR) is 150 cm³/mol. The van der Waals surface area contributed by atoms with Crippen molar-refractivity contribution < 1.29 is 4.79 Å². The molecule has 5 heteroatoms. The summed E-state index contributed by atoms with van der Waals surface area (Å²) < 4.78 is 1.66. The van der Waals surface area contributed by atoms with Crippen molar-refractivity contribution in [2.45, 2.75) is 33.2 Å². The Morgan fingerprint density at radius 2 is 1.51 bits per heavy atom. The molecule has 0 saturated heterocycles. The summed E-state index contributed by atoms with van der Waals surface area (Å²) >= 11 is 0. The van der Waals surface area contributed by atoms with Crippen LogP contribution in [0.1, 0.15) is 49.4 Å². The molecule has 1 unspecified atom stereocenters. The quantitative estimate of drug-likeness (QED) is 0.253. The number of rotatable bonds is 7. The molecule has 4 aromatic carbocycles. The summed E-state index contributed by atoms with van der Waals surface area (Å²) in [4.78, 5) is 34.6. The van der Waals surface area contributed by atoms with Gasteiger partial charge in [-0.2, -0.15) is 0 Å². The maximum Gasteiger partial charge on any atom is 0.266 e. The number of hydrogen-bond donors (Lipinski definition) is 0. The van der Waals surface area contributed by atoms with E-state index < -0.39 is 6.04 Å². The lowest BCUT2D eigenvalue weighted by atomic mass is 10.0. The number of fused-ring (bicyclic) bond motifs is 2. The molecule has 1 aromatic heterocycles. The van der Waals surface area contributed by atoms with Crippen molar-refractivity contribution in [3.63, 3.8) is 0 Å². The van der Waals surface area contributed by atoms with E-state index in [1.54, 1.807) is 10.6 Å². The maximum absolute atomic E-state index is 14.0. The van der Waals surface area contributed by atoms with Crippen molar-refractivity contribution in [2.75, 3.05) is 6.54 Å². The van der Waals surface area contributed by atoms with E-state index in [2.05, 4.69) is 13.8 Å². The molecule has 0 bridgehead atoms. The van der Waals surface area contributed by atoms with Crippen LogP contribution < -0.4 is 5.56 Å². The van der Waals surface area contributed by atoms with E-state index in [4.69, 9.17) is 4.98 Å². The Morgan fingerprint density at radius 3 is 2.27 bits per heavy atom. The Kier molecular flexibility index (Phi) is 6.87. The molecular weight excluding hydrogens is 458 g/mol. The third kappa shape index (κ3) is 4.90. The Bertz CT molecular complexity index is 1620. The van der Waals surface area contributed by atoms with Crippen LogP contribution in [-0.2, 0) is 0 Å². The third-order valence-electron chi connectivity index (χ3n) is 6.86. The highest BCUT2D eigenvalue weighted by molar-refractivity contribution is 5.98. The molecule has 0 aliphatic heterocycles.